The van der Waals surface area contributed by atoms with Gasteiger partial charge in [0.05, 0.1) is 12.1 Å². The van der Waals surface area contributed by atoms with Crippen molar-refractivity contribution in [1.82, 2.24) is 4.57 Å². The van der Waals surface area contributed by atoms with Crippen molar-refractivity contribution in [3.8, 4) is 5.75 Å². The fourth-order valence-electron chi connectivity index (χ4n) is 3.60. The van der Waals surface area contributed by atoms with E-state index in [1.165, 1.54) is 12.1 Å². The largest absolute Gasteiger partial charge is 0.486 e. The standard InChI is InChI=1S/C24H18ClF2NO3/c1-14(18-7-6-17(26)12-21(18)27)31-23-8-5-16(25)11-15(23)13-28-10-9-19-20(24(29)30)3-2-4-22(19)28/h2-12,14H,13H2,1H3,(H,29,30). The minimum absolute atomic E-state index is 0.222. The number of hydrogen-bond donors (Lipinski definition) is 1. The van der Waals surface area contributed by atoms with Gasteiger partial charge in [-0.1, -0.05) is 17.7 Å². The van der Waals surface area contributed by atoms with Crippen LogP contribution in [-0.4, -0.2) is 15.6 Å². The number of hydrogen-bond acceptors (Lipinski definition) is 2. The normalized spacial score (nSPS) is 12.1. The zero-order chi connectivity index (χ0) is 22.1. The first kappa shape index (κ1) is 20.9. The molecule has 1 heterocycles. The molecule has 1 aromatic heterocycles. The Kier molecular flexibility index (Phi) is 5.65. The molecule has 0 bridgehead atoms. The van der Waals surface area contributed by atoms with Crippen molar-refractivity contribution in [3.05, 3.63) is 100 Å². The van der Waals surface area contributed by atoms with E-state index in [-0.39, 0.29) is 11.1 Å². The fourth-order valence-corrected chi connectivity index (χ4v) is 3.80. The maximum Gasteiger partial charge on any atom is 0.336 e. The highest BCUT2D eigenvalue weighted by atomic mass is 35.5. The van der Waals surface area contributed by atoms with Crippen molar-refractivity contribution in [1.29, 1.82) is 0 Å². The number of carbonyl (C=O) groups is 1. The van der Waals surface area contributed by atoms with Gasteiger partial charge in [-0.15, -0.1) is 0 Å². The molecule has 0 saturated heterocycles. The number of rotatable bonds is 6. The topological polar surface area (TPSA) is 51.5 Å². The van der Waals surface area contributed by atoms with Gasteiger partial charge in [0.2, 0.25) is 0 Å². The van der Waals surface area contributed by atoms with Crippen LogP contribution in [0.2, 0.25) is 5.02 Å². The number of halogens is 3. The van der Waals surface area contributed by atoms with E-state index in [9.17, 15) is 18.7 Å². The highest BCUT2D eigenvalue weighted by Gasteiger charge is 2.17. The molecule has 0 aliphatic rings. The Hall–Kier alpha value is -3.38. The van der Waals surface area contributed by atoms with Gasteiger partial charge in [-0.25, -0.2) is 13.6 Å². The average molecular weight is 442 g/mol. The molecule has 0 spiro atoms. The summed E-state index contributed by atoms with van der Waals surface area (Å²) in [5.74, 6) is -1.83. The molecule has 4 aromatic rings. The van der Waals surface area contributed by atoms with Crippen molar-refractivity contribution in [2.45, 2.75) is 19.6 Å². The zero-order valence-corrected chi connectivity index (χ0v) is 17.2. The minimum Gasteiger partial charge on any atom is -0.486 e. The van der Waals surface area contributed by atoms with Gasteiger partial charge in [-0.2, -0.15) is 0 Å². The molecule has 31 heavy (non-hydrogen) atoms. The average Bonchev–Trinajstić information content (AvgIpc) is 3.12. The lowest BCUT2D eigenvalue weighted by atomic mass is 10.1. The van der Waals surface area contributed by atoms with E-state index >= 15 is 0 Å². The summed E-state index contributed by atoms with van der Waals surface area (Å²) in [7, 11) is 0. The summed E-state index contributed by atoms with van der Waals surface area (Å²) in [6, 6.07) is 15.3. The second kappa shape index (κ2) is 8.40. The monoisotopic (exact) mass is 441 g/mol. The summed E-state index contributed by atoms with van der Waals surface area (Å²) in [5, 5.41) is 10.5. The van der Waals surface area contributed by atoms with Crippen LogP contribution in [0.1, 0.15) is 34.5 Å². The molecule has 0 amide bonds. The lowest BCUT2D eigenvalue weighted by Crippen LogP contribution is -2.09. The van der Waals surface area contributed by atoms with Crippen LogP contribution in [0.15, 0.2) is 66.9 Å². The molecule has 1 unspecified atom stereocenters. The SMILES string of the molecule is CC(Oc1ccc(Cl)cc1Cn1ccc2c(C(=O)O)cccc21)c1ccc(F)cc1F. The van der Waals surface area contributed by atoms with Crippen molar-refractivity contribution >= 4 is 28.5 Å². The van der Waals surface area contributed by atoms with Crippen LogP contribution < -0.4 is 4.74 Å². The van der Waals surface area contributed by atoms with E-state index in [2.05, 4.69) is 0 Å². The Balaban J connectivity index is 1.67. The van der Waals surface area contributed by atoms with Gasteiger partial charge in [0.15, 0.2) is 0 Å². The summed E-state index contributed by atoms with van der Waals surface area (Å²) in [5.41, 5.74) is 1.95. The van der Waals surface area contributed by atoms with E-state index in [1.807, 2.05) is 10.6 Å². The number of aromatic nitrogens is 1. The van der Waals surface area contributed by atoms with Gasteiger partial charge >= 0.3 is 5.97 Å². The second-order valence-corrected chi connectivity index (χ2v) is 7.60. The molecule has 0 radical (unpaired) electrons. The summed E-state index contributed by atoms with van der Waals surface area (Å²) in [4.78, 5) is 11.5. The lowest BCUT2D eigenvalue weighted by Gasteiger charge is -2.19. The fraction of sp³-hybridized carbons (Fsp3) is 0.125. The van der Waals surface area contributed by atoms with Crippen LogP contribution in [0.3, 0.4) is 0 Å². The number of benzene rings is 3. The van der Waals surface area contributed by atoms with Gasteiger partial charge in [-0.3, -0.25) is 0 Å². The van der Waals surface area contributed by atoms with Crippen LogP contribution in [0.4, 0.5) is 8.78 Å². The van der Waals surface area contributed by atoms with Crippen LogP contribution in [-0.2, 0) is 6.54 Å². The molecule has 3 aromatic carbocycles. The number of nitrogens with zero attached hydrogens (tertiary/aromatic N) is 1. The Morgan fingerprint density at radius 2 is 1.94 bits per heavy atom. The van der Waals surface area contributed by atoms with E-state index in [4.69, 9.17) is 16.3 Å². The van der Waals surface area contributed by atoms with Crippen LogP contribution >= 0.6 is 11.6 Å². The number of carboxylic acid groups (broad SMARTS) is 1. The number of ether oxygens (including phenoxy) is 1. The van der Waals surface area contributed by atoms with Gasteiger partial charge in [0.25, 0.3) is 0 Å². The predicted molar refractivity (Wildman–Crippen MR) is 115 cm³/mol. The number of carboxylic acids is 1. The summed E-state index contributed by atoms with van der Waals surface area (Å²) in [6.45, 7) is 2.04. The Morgan fingerprint density at radius 3 is 2.68 bits per heavy atom. The first-order valence-corrected chi connectivity index (χ1v) is 9.92. The molecule has 1 N–H and O–H groups in total. The first-order valence-electron chi connectivity index (χ1n) is 9.54. The highest BCUT2D eigenvalue weighted by molar-refractivity contribution is 6.30. The van der Waals surface area contributed by atoms with E-state index in [0.717, 1.165) is 17.1 Å². The third-order valence-electron chi connectivity index (χ3n) is 5.11. The van der Waals surface area contributed by atoms with Crippen molar-refractivity contribution < 1.29 is 23.4 Å². The van der Waals surface area contributed by atoms with E-state index in [0.29, 0.717) is 22.7 Å². The smallest absolute Gasteiger partial charge is 0.336 e. The Labute approximate surface area is 182 Å². The zero-order valence-electron chi connectivity index (χ0n) is 16.5. The van der Waals surface area contributed by atoms with Gasteiger partial charge in [-0.05, 0) is 55.5 Å². The maximum atomic E-state index is 14.2. The molecule has 0 aliphatic heterocycles. The van der Waals surface area contributed by atoms with Gasteiger partial charge in [0, 0.05) is 39.3 Å². The van der Waals surface area contributed by atoms with Gasteiger partial charge < -0.3 is 14.4 Å². The van der Waals surface area contributed by atoms with Gasteiger partial charge in [0.1, 0.15) is 23.5 Å². The quantitative estimate of drug-likeness (QED) is 0.373. The van der Waals surface area contributed by atoms with E-state index < -0.39 is 23.7 Å². The molecule has 158 valence electrons. The summed E-state index contributed by atoms with van der Waals surface area (Å²) >= 11 is 6.19. The third kappa shape index (κ3) is 4.25. The molecule has 1 atom stereocenters. The van der Waals surface area contributed by atoms with Crippen molar-refractivity contribution in [3.63, 3.8) is 0 Å². The molecule has 0 aliphatic carbocycles. The highest BCUT2D eigenvalue weighted by Crippen LogP contribution is 2.31. The maximum absolute atomic E-state index is 14.2. The second-order valence-electron chi connectivity index (χ2n) is 7.17. The third-order valence-corrected chi connectivity index (χ3v) is 5.35. The minimum atomic E-state index is -0.995. The molecule has 0 fully saturated rings. The Morgan fingerprint density at radius 1 is 1.13 bits per heavy atom. The van der Waals surface area contributed by atoms with Crippen LogP contribution in [0.5, 0.6) is 5.75 Å². The molecule has 4 nitrogen and oxygen atoms in total. The first-order chi connectivity index (χ1) is 14.8. The summed E-state index contributed by atoms with van der Waals surface area (Å²) < 4.78 is 35.3. The molecule has 4 rings (SSSR count). The number of fused-ring (bicyclic) bond motifs is 1. The summed E-state index contributed by atoms with van der Waals surface area (Å²) in [6.07, 6.45) is 1.13. The molecule has 7 heteroatoms. The molecular weight excluding hydrogens is 424 g/mol. The predicted octanol–water partition coefficient (Wildman–Crippen LogP) is 6.46. The number of aromatic carboxylic acids is 1. The van der Waals surface area contributed by atoms with E-state index in [1.54, 1.807) is 49.5 Å². The van der Waals surface area contributed by atoms with Crippen molar-refractivity contribution in [2.75, 3.05) is 0 Å². The molecule has 0 saturated carbocycles. The van der Waals surface area contributed by atoms with Crippen LogP contribution in [0, 0.1) is 11.6 Å². The Bertz CT molecular complexity index is 1290. The van der Waals surface area contributed by atoms with Crippen LogP contribution in [0.25, 0.3) is 10.9 Å². The van der Waals surface area contributed by atoms with Crippen molar-refractivity contribution in [2.24, 2.45) is 0 Å². The molecular formula is C24H18ClF2NO3. The lowest BCUT2D eigenvalue weighted by molar-refractivity contribution is 0.0699.